The van der Waals surface area contributed by atoms with Crippen molar-refractivity contribution >= 4 is 34.1 Å². The number of aromatic nitrogens is 1. The Kier molecular flexibility index (Phi) is 9.85. The van der Waals surface area contributed by atoms with Crippen LogP contribution in [-0.4, -0.2) is 66.0 Å². The molecular weight excluding hydrogens is 468 g/mol. The van der Waals surface area contributed by atoms with Crippen LogP contribution in [0.25, 0.3) is 10.9 Å². The molecule has 194 valence electrons. The van der Waals surface area contributed by atoms with Gasteiger partial charge >= 0.3 is 0 Å². The summed E-state index contributed by atoms with van der Waals surface area (Å²) in [4.78, 5) is 23.8. The maximum absolute atomic E-state index is 13.4. The summed E-state index contributed by atoms with van der Waals surface area (Å²) >= 11 is 6.20. The van der Waals surface area contributed by atoms with Gasteiger partial charge in [-0.3, -0.25) is 4.79 Å². The highest BCUT2D eigenvalue weighted by Gasteiger charge is 2.25. The fraction of sp³-hybridized carbons (Fsp3) is 0.500. The largest absolute Gasteiger partial charge is 0.361 e. The average Bonchev–Trinajstić information content (AvgIpc) is 3.30. The van der Waals surface area contributed by atoms with E-state index < -0.39 is 0 Å². The first-order chi connectivity index (χ1) is 17.6. The number of aryl methyl sites for hydroxylation is 1. The van der Waals surface area contributed by atoms with E-state index in [-0.39, 0.29) is 11.9 Å². The number of carbonyl (C=O) groups excluding carboxylic acids is 1. The molecule has 0 saturated carbocycles. The molecule has 1 aliphatic heterocycles. The molecular formula is C30H41ClN4O. The van der Waals surface area contributed by atoms with Crippen LogP contribution in [0, 0.1) is 0 Å². The summed E-state index contributed by atoms with van der Waals surface area (Å²) < 4.78 is 0. The van der Waals surface area contributed by atoms with Gasteiger partial charge in [0.05, 0.1) is 0 Å². The predicted molar refractivity (Wildman–Crippen MR) is 152 cm³/mol. The molecule has 1 fully saturated rings. The summed E-state index contributed by atoms with van der Waals surface area (Å²) in [6.45, 7) is 10.6. The molecule has 3 aromatic rings. The number of carbonyl (C=O) groups is 1. The zero-order chi connectivity index (χ0) is 25.3. The van der Waals surface area contributed by atoms with Gasteiger partial charge < -0.3 is 19.7 Å². The number of benzene rings is 2. The van der Waals surface area contributed by atoms with Gasteiger partial charge in [-0.1, -0.05) is 50.1 Å². The number of halogens is 1. The van der Waals surface area contributed by atoms with Gasteiger partial charge in [0.1, 0.15) is 0 Å². The van der Waals surface area contributed by atoms with Crippen LogP contribution in [-0.2, 0) is 11.2 Å². The van der Waals surface area contributed by atoms with Crippen LogP contribution in [0.15, 0.2) is 54.7 Å². The van der Waals surface area contributed by atoms with E-state index in [1.807, 2.05) is 24.3 Å². The second-order valence-electron chi connectivity index (χ2n) is 9.99. The fourth-order valence-electron chi connectivity index (χ4n) is 5.46. The lowest BCUT2D eigenvalue weighted by Crippen LogP contribution is -2.48. The summed E-state index contributed by atoms with van der Waals surface area (Å²) in [5.41, 5.74) is 3.54. The minimum absolute atomic E-state index is 0.253. The summed E-state index contributed by atoms with van der Waals surface area (Å²) in [6.07, 6.45) is 8.02. The molecule has 1 unspecified atom stereocenters. The van der Waals surface area contributed by atoms with Gasteiger partial charge in [0.15, 0.2) is 0 Å². The van der Waals surface area contributed by atoms with Crippen LogP contribution < -0.4 is 4.90 Å². The van der Waals surface area contributed by atoms with E-state index in [0.29, 0.717) is 6.42 Å². The first-order valence-electron chi connectivity index (χ1n) is 13.7. The number of rotatable bonds is 12. The molecule has 2 aromatic carbocycles. The van der Waals surface area contributed by atoms with Crippen LogP contribution in [0.2, 0.25) is 5.02 Å². The van der Waals surface area contributed by atoms with Crippen molar-refractivity contribution in [3.05, 3.63) is 65.3 Å². The van der Waals surface area contributed by atoms with Crippen LogP contribution in [0.5, 0.6) is 0 Å². The number of anilines is 1. The molecule has 0 radical (unpaired) electrons. The van der Waals surface area contributed by atoms with Gasteiger partial charge in [0.25, 0.3) is 0 Å². The zero-order valence-electron chi connectivity index (χ0n) is 21.9. The molecule has 1 aromatic heterocycles. The third-order valence-electron chi connectivity index (χ3n) is 7.52. The van der Waals surface area contributed by atoms with Crippen molar-refractivity contribution in [2.24, 2.45) is 0 Å². The van der Waals surface area contributed by atoms with Gasteiger partial charge in [-0.15, -0.1) is 0 Å². The van der Waals surface area contributed by atoms with E-state index in [0.717, 1.165) is 87.6 Å². The lowest BCUT2D eigenvalue weighted by molar-refractivity contribution is -0.119. The van der Waals surface area contributed by atoms with Crippen molar-refractivity contribution in [2.45, 2.75) is 58.4 Å². The molecule has 6 heteroatoms. The number of fused-ring (bicyclic) bond motifs is 1. The van der Waals surface area contributed by atoms with Crippen molar-refractivity contribution in [1.82, 2.24) is 14.8 Å². The van der Waals surface area contributed by atoms with Crippen LogP contribution in [0.3, 0.4) is 0 Å². The quantitative estimate of drug-likeness (QED) is 0.309. The van der Waals surface area contributed by atoms with Crippen molar-refractivity contribution in [3.63, 3.8) is 0 Å². The number of piperazine rings is 1. The van der Waals surface area contributed by atoms with Crippen molar-refractivity contribution in [2.75, 3.05) is 44.2 Å². The number of para-hydroxylation sites is 1. The zero-order valence-corrected chi connectivity index (χ0v) is 22.6. The number of nitrogens with zero attached hydrogens (tertiary/aromatic N) is 3. The van der Waals surface area contributed by atoms with Crippen LogP contribution in [0.4, 0.5) is 5.69 Å². The molecule has 4 rings (SSSR count). The van der Waals surface area contributed by atoms with E-state index in [2.05, 4.69) is 64.0 Å². The van der Waals surface area contributed by atoms with E-state index in [1.54, 1.807) is 0 Å². The molecule has 0 spiro atoms. The number of hydrogen-bond donors (Lipinski definition) is 1. The first-order valence-corrected chi connectivity index (χ1v) is 14.0. The molecule has 1 aliphatic rings. The number of amides is 1. The van der Waals surface area contributed by atoms with Crippen molar-refractivity contribution in [1.29, 1.82) is 0 Å². The highest BCUT2D eigenvalue weighted by molar-refractivity contribution is 6.31. The van der Waals surface area contributed by atoms with Crippen LogP contribution >= 0.6 is 11.6 Å². The molecule has 1 amide bonds. The van der Waals surface area contributed by atoms with Gasteiger partial charge in [0.2, 0.25) is 5.91 Å². The Morgan fingerprint density at radius 1 is 1.03 bits per heavy atom. The van der Waals surface area contributed by atoms with Crippen molar-refractivity contribution in [3.8, 4) is 0 Å². The standard InChI is InChI=1S/C30H41ClN4O/c1-3-9-26(4-2)35(27-11-6-5-7-12-27)30(36)15-17-34-20-18-33(19-21-34)16-8-10-24-23-32-29-14-13-25(31)22-28(24)29/h5-7,11-14,22-23,26,32H,3-4,8-10,15-21H2,1-2H3. The lowest BCUT2D eigenvalue weighted by Gasteiger charge is -2.36. The monoisotopic (exact) mass is 508 g/mol. The molecule has 2 heterocycles. The lowest BCUT2D eigenvalue weighted by atomic mass is 10.1. The molecule has 0 bridgehead atoms. The van der Waals surface area contributed by atoms with Gasteiger partial charge in [0, 0.05) is 73.0 Å². The molecule has 1 N–H and O–H groups in total. The Morgan fingerprint density at radius 2 is 1.75 bits per heavy atom. The maximum Gasteiger partial charge on any atom is 0.228 e. The molecule has 36 heavy (non-hydrogen) atoms. The second kappa shape index (κ2) is 13.3. The van der Waals surface area contributed by atoms with E-state index in [9.17, 15) is 4.79 Å². The smallest absolute Gasteiger partial charge is 0.228 e. The minimum atomic E-state index is 0.253. The highest BCUT2D eigenvalue weighted by atomic mass is 35.5. The maximum atomic E-state index is 13.4. The molecule has 0 aliphatic carbocycles. The Hall–Kier alpha value is -2.34. The number of H-pyrrole nitrogens is 1. The summed E-state index contributed by atoms with van der Waals surface area (Å²) in [6, 6.07) is 16.5. The SMILES string of the molecule is CCCC(CC)N(C(=O)CCN1CCN(CCCc2c[nH]c3ccc(Cl)cc23)CC1)c1ccccc1. The second-order valence-corrected chi connectivity index (χ2v) is 10.4. The minimum Gasteiger partial charge on any atom is -0.361 e. The van der Waals surface area contributed by atoms with Gasteiger partial charge in [-0.05, 0) is 68.1 Å². The number of nitrogens with one attached hydrogen (secondary N) is 1. The Labute approximate surface area is 221 Å². The Balaban J connectivity index is 1.22. The average molecular weight is 509 g/mol. The van der Waals surface area contributed by atoms with Crippen LogP contribution in [0.1, 0.15) is 51.5 Å². The van der Waals surface area contributed by atoms with Crippen molar-refractivity contribution < 1.29 is 4.79 Å². The van der Waals surface area contributed by atoms with E-state index in [1.165, 1.54) is 10.9 Å². The number of aromatic amines is 1. The van der Waals surface area contributed by atoms with Gasteiger partial charge in [-0.25, -0.2) is 0 Å². The normalized spacial score (nSPS) is 15.9. The summed E-state index contributed by atoms with van der Waals surface area (Å²) in [5, 5.41) is 2.03. The van der Waals surface area contributed by atoms with Gasteiger partial charge in [-0.2, -0.15) is 0 Å². The highest BCUT2D eigenvalue weighted by Crippen LogP contribution is 2.24. The topological polar surface area (TPSA) is 42.6 Å². The number of hydrogen-bond acceptors (Lipinski definition) is 3. The fourth-order valence-corrected chi connectivity index (χ4v) is 5.63. The molecule has 1 atom stereocenters. The molecule has 5 nitrogen and oxygen atoms in total. The Bertz CT molecular complexity index is 1090. The summed E-state index contributed by atoms with van der Waals surface area (Å²) in [7, 11) is 0. The molecule has 1 saturated heterocycles. The Morgan fingerprint density at radius 3 is 2.44 bits per heavy atom. The first kappa shape index (κ1) is 26.7. The summed E-state index contributed by atoms with van der Waals surface area (Å²) in [5.74, 6) is 0.253. The van der Waals surface area contributed by atoms with E-state index >= 15 is 0 Å². The van der Waals surface area contributed by atoms with E-state index in [4.69, 9.17) is 11.6 Å². The predicted octanol–water partition coefficient (Wildman–Crippen LogP) is 6.37. The third kappa shape index (κ3) is 6.90. The third-order valence-corrected chi connectivity index (χ3v) is 7.75.